The van der Waals surface area contributed by atoms with Gasteiger partial charge in [0.25, 0.3) is 0 Å². The van der Waals surface area contributed by atoms with Crippen molar-refractivity contribution >= 4 is 63.8 Å². The minimum Gasteiger partial charge on any atom is -0.353 e. The summed E-state index contributed by atoms with van der Waals surface area (Å²) in [6.45, 7) is 2.58. The summed E-state index contributed by atoms with van der Waals surface area (Å²) >= 11 is 15.1. The first-order valence-electron chi connectivity index (χ1n) is 11.5. The molecule has 4 N–H and O–H groups in total. The number of thioether (sulfide) groups is 1. The number of nitrogens with zero attached hydrogens (tertiary/aromatic N) is 2. The normalized spacial score (nSPS) is 14.5. The number of nitrogens with two attached hydrogens (primary N) is 1. The van der Waals surface area contributed by atoms with E-state index < -0.39 is 0 Å². The number of hydrogen-bond acceptors (Lipinski definition) is 7. The number of thiazole rings is 1. The van der Waals surface area contributed by atoms with E-state index in [1.54, 1.807) is 6.07 Å². The van der Waals surface area contributed by atoms with E-state index in [1.165, 1.54) is 23.1 Å². The molecular formula is C25H27Cl2N5O2S2. The quantitative estimate of drug-likeness (QED) is 0.320. The molecule has 190 valence electrons. The molecule has 2 heterocycles. The Balaban J connectivity index is 1.21. The third kappa shape index (κ3) is 7.68. The number of amides is 2. The lowest BCUT2D eigenvalue weighted by Crippen LogP contribution is -2.44. The molecule has 0 saturated carbocycles. The summed E-state index contributed by atoms with van der Waals surface area (Å²) in [5, 5.41) is 9.00. The van der Waals surface area contributed by atoms with E-state index in [0.717, 1.165) is 53.6 Å². The molecule has 0 spiro atoms. The van der Waals surface area contributed by atoms with Crippen LogP contribution in [0.15, 0.2) is 52.2 Å². The van der Waals surface area contributed by atoms with Gasteiger partial charge in [0.2, 0.25) is 11.8 Å². The highest BCUT2D eigenvalue weighted by Crippen LogP contribution is 2.29. The largest absolute Gasteiger partial charge is 0.353 e. The second-order valence-corrected chi connectivity index (χ2v) is 11.4. The van der Waals surface area contributed by atoms with Crippen molar-refractivity contribution in [2.24, 2.45) is 5.73 Å². The van der Waals surface area contributed by atoms with Gasteiger partial charge in [0.15, 0.2) is 4.34 Å². The molecule has 0 atom stereocenters. The molecule has 1 aromatic heterocycles. The van der Waals surface area contributed by atoms with Crippen LogP contribution in [0.25, 0.3) is 11.3 Å². The molecule has 2 amide bonds. The maximum atomic E-state index is 12.5. The number of hydrogen-bond donors (Lipinski definition) is 3. The van der Waals surface area contributed by atoms with E-state index in [0.29, 0.717) is 21.5 Å². The molecule has 3 aromatic rings. The lowest BCUT2D eigenvalue weighted by atomic mass is 10.0. The summed E-state index contributed by atoms with van der Waals surface area (Å²) in [4.78, 5) is 31.1. The Morgan fingerprint density at radius 2 is 1.92 bits per heavy atom. The van der Waals surface area contributed by atoms with Crippen LogP contribution >= 0.6 is 46.3 Å². The van der Waals surface area contributed by atoms with E-state index >= 15 is 0 Å². The Hall–Kier alpha value is -2.14. The van der Waals surface area contributed by atoms with Gasteiger partial charge in [-0.15, -0.1) is 11.3 Å². The highest BCUT2D eigenvalue weighted by molar-refractivity contribution is 8.01. The molecule has 2 aromatic carbocycles. The van der Waals surface area contributed by atoms with Crippen molar-refractivity contribution in [3.05, 3.63) is 63.5 Å². The smallest absolute Gasteiger partial charge is 0.238 e. The average molecular weight is 565 g/mol. The van der Waals surface area contributed by atoms with Crippen molar-refractivity contribution in [2.75, 3.05) is 30.7 Å². The van der Waals surface area contributed by atoms with Crippen molar-refractivity contribution in [1.82, 2.24) is 15.2 Å². The monoisotopic (exact) mass is 563 g/mol. The van der Waals surface area contributed by atoms with Crippen molar-refractivity contribution in [1.29, 1.82) is 0 Å². The topological polar surface area (TPSA) is 100 Å². The van der Waals surface area contributed by atoms with Crippen LogP contribution in [0.3, 0.4) is 0 Å². The van der Waals surface area contributed by atoms with Crippen molar-refractivity contribution in [3.8, 4) is 11.3 Å². The van der Waals surface area contributed by atoms with E-state index in [2.05, 4.69) is 20.5 Å². The first-order chi connectivity index (χ1) is 17.4. The number of piperidine rings is 1. The van der Waals surface area contributed by atoms with Crippen molar-refractivity contribution < 1.29 is 9.59 Å². The molecule has 11 heteroatoms. The second-order valence-electron chi connectivity index (χ2n) is 8.49. The number of halogens is 2. The Kier molecular flexibility index (Phi) is 9.64. The summed E-state index contributed by atoms with van der Waals surface area (Å²) in [5.41, 5.74) is 8.88. The van der Waals surface area contributed by atoms with Gasteiger partial charge in [-0.05, 0) is 42.7 Å². The summed E-state index contributed by atoms with van der Waals surface area (Å²) in [7, 11) is 0. The number of carbonyl (C=O) groups excluding carboxylic acids is 2. The van der Waals surface area contributed by atoms with Crippen LogP contribution < -0.4 is 16.4 Å². The standard InChI is InChI=1S/C25H27Cl2N5O2S2/c26-20-5-4-16(10-21(20)27)13-32-8-6-18(7-9-32)29-24(34)15-36-25-31-22(14-35-25)17-2-1-3-19(11-17)30-23(33)12-28/h1-5,10-11,14,18H,6-9,12-13,15,28H2,(H,29,34)(H,30,33). The Labute approximate surface area is 228 Å². The van der Waals surface area contributed by atoms with Gasteiger partial charge >= 0.3 is 0 Å². The molecule has 0 radical (unpaired) electrons. The fraction of sp³-hybridized carbons (Fsp3) is 0.320. The van der Waals surface area contributed by atoms with Gasteiger partial charge in [-0.3, -0.25) is 14.5 Å². The van der Waals surface area contributed by atoms with Gasteiger partial charge in [-0.2, -0.15) is 0 Å². The Morgan fingerprint density at radius 3 is 2.67 bits per heavy atom. The SMILES string of the molecule is NCC(=O)Nc1cccc(-c2csc(SCC(=O)NC3CCN(Cc4ccc(Cl)c(Cl)c4)CC3)n2)c1. The van der Waals surface area contributed by atoms with Crippen LogP contribution in [0, 0.1) is 0 Å². The van der Waals surface area contributed by atoms with Gasteiger partial charge in [-0.1, -0.05) is 53.2 Å². The Bertz CT molecular complexity index is 1210. The number of benzene rings is 2. The number of nitrogens with one attached hydrogen (secondary N) is 2. The van der Waals surface area contributed by atoms with Gasteiger partial charge in [0, 0.05) is 42.3 Å². The lowest BCUT2D eigenvalue weighted by molar-refractivity contribution is -0.119. The lowest BCUT2D eigenvalue weighted by Gasteiger charge is -2.32. The molecule has 7 nitrogen and oxygen atoms in total. The van der Waals surface area contributed by atoms with E-state index in [4.69, 9.17) is 28.9 Å². The Morgan fingerprint density at radius 1 is 1.11 bits per heavy atom. The van der Waals surface area contributed by atoms with Crippen LogP contribution in [-0.4, -0.2) is 53.1 Å². The van der Waals surface area contributed by atoms with Gasteiger partial charge in [-0.25, -0.2) is 4.98 Å². The van der Waals surface area contributed by atoms with Crippen molar-refractivity contribution in [2.45, 2.75) is 29.8 Å². The molecule has 0 unspecified atom stereocenters. The molecule has 1 fully saturated rings. The molecule has 36 heavy (non-hydrogen) atoms. The number of carbonyl (C=O) groups is 2. The van der Waals surface area contributed by atoms with Crippen LogP contribution in [0.2, 0.25) is 10.0 Å². The fourth-order valence-electron chi connectivity index (χ4n) is 3.95. The van der Waals surface area contributed by atoms with E-state index in [1.807, 2.05) is 41.8 Å². The van der Waals surface area contributed by atoms with E-state index in [-0.39, 0.29) is 24.4 Å². The maximum absolute atomic E-state index is 12.5. The van der Waals surface area contributed by atoms with Crippen molar-refractivity contribution in [3.63, 3.8) is 0 Å². The van der Waals surface area contributed by atoms with Gasteiger partial charge in [0.05, 0.1) is 28.0 Å². The molecule has 1 aliphatic rings. The molecule has 0 bridgehead atoms. The van der Waals surface area contributed by atoms with E-state index in [9.17, 15) is 9.59 Å². The first-order valence-corrected chi connectivity index (χ1v) is 14.2. The second kappa shape index (κ2) is 12.9. The summed E-state index contributed by atoms with van der Waals surface area (Å²) < 4.78 is 0.827. The molecule has 0 aliphatic carbocycles. The zero-order valence-corrected chi connectivity index (χ0v) is 22.7. The predicted molar refractivity (Wildman–Crippen MR) is 149 cm³/mol. The van der Waals surface area contributed by atoms with Gasteiger partial charge < -0.3 is 16.4 Å². The summed E-state index contributed by atoms with van der Waals surface area (Å²) in [6, 6.07) is 13.4. The molecular weight excluding hydrogens is 537 g/mol. The average Bonchev–Trinajstić information content (AvgIpc) is 3.35. The number of likely N-dealkylation sites (tertiary alicyclic amines) is 1. The highest BCUT2D eigenvalue weighted by atomic mass is 35.5. The van der Waals surface area contributed by atoms with Gasteiger partial charge in [0.1, 0.15) is 0 Å². The molecule has 4 rings (SSSR count). The first kappa shape index (κ1) is 26.9. The fourth-order valence-corrected chi connectivity index (χ4v) is 5.92. The number of rotatable bonds is 9. The van der Waals surface area contributed by atoms with Crippen LogP contribution in [0.1, 0.15) is 18.4 Å². The zero-order chi connectivity index (χ0) is 25.5. The number of anilines is 1. The highest BCUT2D eigenvalue weighted by Gasteiger charge is 2.21. The van der Waals surface area contributed by atoms with Crippen LogP contribution in [0.5, 0.6) is 0 Å². The van der Waals surface area contributed by atoms with Crippen LogP contribution in [0.4, 0.5) is 5.69 Å². The number of aromatic nitrogens is 1. The third-order valence-corrected chi connectivity index (χ3v) is 8.54. The maximum Gasteiger partial charge on any atom is 0.238 e. The molecule has 1 saturated heterocycles. The van der Waals surface area contributed by atoms with Crippen LogP contribution in [-0.2, 0) is 16.1 Å². The molecule has 1 aliphatic heterocycles. The summed E-state index contributed by atoms with van der Waals surface area (Å²) in [6.07, 6.45) is 1.83. The predicted octanol–water partition coefficient (Wildman–Crippen LogP) is 4.89. The zero-order valence-electron chi connectivity index (χ0n) is 19.5. The minimum atomic E-state index is -0.246. The minimum absolute atomic E-state index is 0.0196. The summed E-state index contributed by atoms with van der Waals surface area (Å²) in [5.74, 6) is 0.0965. The third-order valence-electron chi connectivity index (χ3n) is 5.78.